The number of alkyl carbamates (subject to hydrolysis) is 1. The van der Waals surface area contributed by atoms with E-state index in [1.54, 1.807) is 32.4 Å². The van der Waals surface area contributed by atoms with Gasteiger partial charge in [0.25, 0.3) is 5.91 Å². The molecule has 0 aliphatic carbocycles. The number of nitrogens with one attached hydrogen (secondary N) is 1. The first-order chi connectivity index (χ1) is 16.1. The Morgan fingerprint density at radius 3 is 2.41 bits per heavy atom. The van der Waals surface area contributed by atoms with Crippen LogP contribution in [0.25, 0.3) is 10.9 Å². The predicted molar refractivity (Wildman–Crippen MR) is 135 cm³/mol. The summed E-state index contributed by atoms with van der Waals surface area (Å²) in [6.45, 7) is 6.23. The first-order valence-electron chi connectivity index (χ1n) is 11.5. The van der Waals surface area contributed by atoms with E-state index in [1.165, 1.54) is 0 Å². The van der Waals surface area contributed by atoms with Crippen LogP contribution in [0.1, 0.15) is 36.7 Å². The minimum atomic E-state index is -0.795. The largest absolute Gasteiger partial charge is 0.497 e. The number of rotatable bonds is 8. The van der Waals surface area contributed by atoms with Gasteiger partial charge in [0.05, 0.1) is 12.6 Å². The Morgan fingerprint density at radius 2 is 1.79 bits per heavy atom. The van der Waals surface area contributed by atoms with E-state index in [0.29, 0.717) is 6.42 Å². The van der Waals surface area contributed by atoms with E-state index in [2.05, 4.69) is 10.2 Å². The molecule has 0 radical (unpaired) electrons. The molecule has 182 valence electrons. The Kier molecular flexibility index (Phi) is 7.99. The molecule has 0 spiro atoms. The second-order valence-electron chi connectivity index (χ2n) is 9.69. The first-order valence-corrected chi connectivity index (χ1v) is 11.5. The van der Waals surface area contributed by atoms with E-state index in [4.69, 9.17) is 9.47 Å². The summed E-state index contributed by atoms with van der Waals surface area (Å²) >= 11 is 0. The molecule has 1 unspecified atom stereocenters. The Hall–Kier alpha value is -3.32. The molecule has 3 rings (SSSR count). The number of carbonyl (C=O) groups is 2. The highest BCUT2D eigenvalue weighted by Crippen LogP contribution is 2.27. The highest BCUT2D eigenvalue weighted by Gasteiger charge is 2.27. The lowest BCUT2D eigenvalue weighted by Crippen LogP contribution is -2.46. The Bertz CT molecular complexity index is 1130. The monoisotopic (exact) mass is 465 g/mol. The summed E-state index contributed by atoms with van der Waals surface area (Å²) in [5, 5.41) is 3.77. The van der Waals surface area contributed by atoms with Gasteiger partial charge in [-0.1, -0.05) is 30.3 Å². The molecule has 1 N–H and O–H groups in total. The SMILES string of the molecule is COc1ccc2c(c1)c(CCN(C)C)cn2C(=O)C(Cc1ccccc1)NC(=O)OC(C)(C)C. The lowest BCUT2D eigenvalue weighted by atomic mass is 10.1. The Balaban J connectivity index is 1.99. The summed E-state index contributed by atoms with van der Waals surface area (Å²) in [4.78, 5) is 28.5. The van der Waals surface area contributed by atoms with Crippen molar-refractivity contribution in [2.75, 3.05) is 27.7 Å². The normalized spacial score (nSPS) is 12.6. The summed E-state index contributed by atoms with van der Waals surface area (Å²) in [7, 11) is 5.67. The number of carbonyl (C=O) groups excluding carboxylic acids is 2. The average molecular weight is 466 g/mol. The van der Waals surface area contributed by atoms with Crippen LogP contribution in [0.3, 0.4) is 0 Å². The van der Waals surface area contributed by atoms with Gasteiger partial charge < -0.3 is 19.7 Å². The van der Waals surface area contributed by atoms with Crippen molar-refractivity contribution in [3.8, 4) is 5.75 Å². The van der Waals surface area contributed by atoms with Crippen molar-refractivity contribution in [3.05, 3.63) is 65.9 Å². The lowest BCUT2D eigenvalue weighted by molar-refractivity contribution is 0.0483. The molecule has 2 aromatic carbocycles. The van der Waals surface area contributed by atoms with Crippen molar-refractivity contribution in [1.82, 2.24) is 14.8 Å². The maximum absolute atomic E-state index is 13.8. The third kappa shape index (κ3) is 6.60. The van der Waals surface area contributed by atoms with Gasteiger partial charge in [-0.3, -0.25) is 9.36 Å². The lowest BCUT2D eigenvalue weighted by Gasteiger charge is -2.23. The molecule has 0 fully saturated rings. The van der Waals surface area contributed by atoms with Crippen LogP contribution in [0.15, 0.2) is 54.7 Å². The molecule has 1 heterocycles. The third-order valence-electron chi connectivity index (χ3n) is 5.43. The quantitative estimate of drug-likeness (QED) is 0.529. The molecule has 0 aliphatic heterocycles. The Morgan fingerprint density at radius 1 is 1.09 bits per heavy atom. The minimum absolute atomic E-state index is 0.221. The van der Waals surface area contributed by atoms with Gasteiger partial charge in [0.15, 0.2) is 0 Å². The summed E-state index contributed by atoms with van der Waals surface area (Å²) in [5.74, 6) is 0.512. The fraction of sp³-hybridized carbons (Fsp3) is 0.407. The molecule has 0 aliphatic rings. The van der Waals surface area contributed by atoms with Crippen molar-refractivity contribution in [3.63, 3.8) is 0 Å². The van der Waals surface area contributed by atoms with Crippen molar-refractivity contribution in [2.45, 2.75) is 45.3 Å². The van der Waals surface area contributed by atoms with Gasteiger partial charge in [-0.25, -0.2) is 4.79 Å². The topological polar surface area (TPSA) is 72.8 Å². The zero-order chi connectivity index (χ0) is 24.9. The zero-order valence-corrected chi connectivity index (χ0v) is 20.9. The van der Waals surface area contributed by atoms with Gasteiger partial charge in [0.2, 0.25) is 0 Å². The molecule has 3 aromatic rings. The van der Waals surface area contributed by atoms with E-state index < -0.39 is 17.7 Å². The van der Waals surface area contributed by atoms with Crippen molar-refractivity contribution in [1.29, 1.82) is 0 Å². The molecule has 0 saturated carbocycles. The number of benzene rings is 2. The molecule has 1 aromatic heterocycles. The van der Waals surface area contributed by atoms with E-state index in [-0.39, 0.29) is 5.91 Å². The van der Waals surface area contributed by atoms with E-state index in [0.717, 1.165) is 40.7 Å². The maximum Gasteiger partial charge on any atom is 0.408 e. The van der Waals surface area contributed by atoms with Gasteiger partial charge in [-0.2, -0.15) is 0 Å². The van der Waals surface area contributed by atoms with Gasteiger partial charge in [-0.05, 0) is 70.6 Å². The second-order valence-corrected chi connectivity index (χ2v) is 9.69. The molecule has 1 amide bonds. The molecule has 7 nitrogen and oxygen atoms in total. The summed E-state index contributed by atoms with van der Waals surface area (Å²) in [5.41, 5.74) is 2.11. The highest BCUT2D eigenvalue weighted by atomic mass is 16.6. The number of hydrogen-bond acceptors (Lipinski definition) is 5. The number of fused-ring (bicyclic) bond motifs is 1. The number of ether oxygens (including phenoxy) is 2. The Labute approximate surface area is 201 Å². The molecule has 0 saturated heterocycles. The summed E-state index contributed by atoms with van der Waals surface area (Å²) in [6.07, 6.45) is 2.39. The average Bonchev–Trinajstić information content (AvgIpc) is 3.14. The van der Waals surface area contributed by atoms with Gasteiger partial charge >= 0.3 is 6.09 Å². The van der Waals surface area contributed by atoms with Gasteiger partial charge in [-0.15, -0.1) is 0 Å². The van der Waals surface area contributed by atoms with Crippen molar-refractivity contribution in [2.24, 2.45) is 0 Å². The van der Waals surface area contributed by atoms with E-state index >= 15 is 0 Å². The van der Waals surface area contributed by atoms with Gasteiger partial charge in [0, 0.05) is 24.5 Å². The summed E-state index contributed by atoms with van der Waals surface area (Å²) in [6, 6.07) is 14.5. The van der Waals surface area contributed by atoms with Gasteiger partial charge in [0.1, 0.15) is 17.4 Å². The zero-order valence-electron chi connectivity index (χ0n) is 20.9. The molecule has 7 heteroatoms. The fourth-order valence-electron chi connectivity index (χ4n) is 3.80. The molecule has 34 heavy (non-hydrogen) atoms. The van der Waals surface area contributed by atoms with Crippen LogP contribution >= 0.6 is 0 Å². The maximum atomic E-state index is 13.8. The van der Waals surface area contributed by atoms with E-state index in [1.807, 2.05) is 68.8 Å². The van der Waals surface area contributed by atoms with Crippen LogP contribution in [-0.2, 0) is 17.6 Å². The van der Waals surface area contributed by atoms with Crippen LogP contribution < -0.4 is 10.1 Å². The molecular formula is C27H35N3O4. The molecular weight excluding hydrogens is 430 g/mol. The number of hydrogen-bond donors (Lipinski definition) is 1. The van der Waals surface area contributed by atoms with Crippen molar-refractivity contribution < 1.29 is 19.1 Å². The minimum Gasteiger partial charge on any atom is -0.497 e. The van der Waals surface area contributed by atoms with Crippen molar-refractivity contribution >= 4 is 22.9 Å². The third-order valence-corrected chi connectivity index (χ3v) is 5.43. The number of nitrogens with zero attached hydrogens (tertiary/aromatic N) is 2. The predicted octanol–water partition coefficient (Wildman–Crippen LogP) is 4.53. The summed E-state index contributed by atoms with van der Waals surface area (Å²) < 4.78 is 12.5. The second kappa shape index (κ2) is 10.7. The number of aromatic nitrogens is 1. The van der Waals surface area contributed by atoms with Crippen LogP contribution in [-0.4, -0.2) is 60.9 Å². The van der Waals surface area contributed by atoms with Crippen LogP contribution in [0.4, 0.5) is 4.79 Å². The number of methoxy groups -OCH3 is 1. The standard InChI is InChI=1S/C27H35N3O4/c1-27(2,3)34-26(32)28-23(16-19-10-8-7-9-11-19)25(31)30-18-20(14-15-29(4)5)22-17-21(33-6)12-13-24(22)30/h7-13,17-18,23H,14-16H2,1-6H3,(H,28,32). The van der Waals surface area contributed by atoms with Crippen LogP contribution in [0.5, 0.6) is 5.75 Å². The van der Waals surface area contributed by atoms with Crippen LogP contribution in [0.2, 0.25) is 0 Å². The fourth-order valence-corrected chi connectivity index (χ4v) is 3.80. The smallest absolute Gasteiger partial charge is 0.408 e. The van der Waals surface area contributed by atoms with Crippen LogP contribution in [0, 0.1) is 0 Å². The first kappa shape index (κ1) is 25.3. The molecule has 0 bridgehead atoms. The number of amides is 1. The van der Waals surface area contributed by atoms with E-state index in [9.17, 15) is 9.59 Å². The number of likely N-dealkylation sites (N-methyl/N-ethyl adjacent to an activating group) is 1. The highest BCUT2D eigenvalue weighted by molar-refractivity contribution is 5.98. The molecule has 1 atom stereocenters.